The number of hydrogen-bond acceptors (Lipinski definition) is 3. The normalized spacial score (nSPS) is 16.9. The lowest BCUT2D eigenvalue weighted by molar-refractivity contribution is 0.386. The Balaban J connectivity index is 1.90. The van der Waals surface area contributed by atoms with E-state index in [-0.39, 0.29) is 5.82 Å². The van der Waals surface area contributed by atoms with E-state index >= 15 is 0 Å². The molecule has 1 aliphatic heterocycles. The van der Waals surface area contributed by atoms with Gasteiger partial charge in [-0.2, -0.15) is 0 Å². The second-order valence-electron chi connectivity index (χ2n) is 3.68. The zero-order valence-corrected chi connectivity index (χ0v) is 7.99. The highest BCUT2D eigenvalue weighted by atomic mass is 19.1. The third-order valence-corrected chi connectivity index (χ3v) is 2.57. The molecule has 14 heavy (non-hydrogen) atoms. The third kappa shape index (κ3) is 1.85. The van der Waals surface area contributed by atoms with E-state index in [0.717, 1.165) is 31.9 Å². The maximum absolute atomic E-state index is 12.6. The van der Waals surface area contributed by atoms with Gasteiger partial charge >= 0.3 is 0 Å². The zero-order chi connectivity index (χ0) is 9.97. The molecule has 4 heteroatoms. The standard InChI is InChI=1S/C10H14FN3/c11-9-1-2-10(13-5-9)14-6-8(7-14)3-4-12/h1-2,5,8H,3-4,6-7,12H2. The van der Waals surface area contributed by atoms with Gasteiger partial charge in [-0.15, -0.1) is 0 Å². The lowest BCUT2D eigenvalue weighted by Gasteiger charge is -2.40. The highest BCUT2D eigenvalue weighted by molar-refractivity contribution is 5.41. The number of pyridine rings is 1. The van der Waals surface area contributed by atoms with E-state index in [1.807, 2.05) is 0 Å². The second-order valence-corrected chi connectivity index (χ2v) is 3.68. The molecule has 3 nitrogen and oxygen atoms in total. The summed E-state index contributed by atoms with van der Waals surface area (Å²) in [7, 11) is 0. The molecule has 0 atom stereocenters. The van der Waals surface area contributed by atoms with E-state index in [9.17, 15) is 4.39 Å². The Morgan fingerprint density at radius 1 is 1.50 bits per heavy atom. The molecular formula is C10H14FN3. The zero-order valence-electron chi connectivity index (χ0n) is 7.99. The number of rotatable bonds is 3. The van der Waals surface area contributed by atoms with Crippen molar-refractivity contribution in [1.29, 1.82) is 0 Å². The van der Waals surface area contributed by atoms with Gasteiger partial charge in [-0.1, -0.05) is 0 Å². The van der Waals surface area contributed by atoms with Crippen molar-refractivity contribution in [2.24, 2.45) is 11.7 Å². The topological polar surface area (TPSA) is 42.1 Å². The molecule has 0 aliphatic carbocycles. The van der Waals surface area contributed by atoms with Crippen LogP contribution in [-0.2, 0) is 0 Å². The molecule has 0 saturated carbocycles. The van der Waals surface area contributed by atoms with E-state index in [4.69, 9.17) is 5.73 Å². The van der Waals surface area contributed by atoms with Gasteiger partial charge in [0.05, 0.1) is 6.20 Å². The van der Waals surface area contributed by atoms with Gasteiger partial charge in [0, 0.05) is 13.1 Å². The highest BCUT2D eigenvalue weighted by Crippen LogP contribution is 2.24. The molecule has 1 aromatic rings. The van der Waals surface area contributed by atoms with Crippen LogP contribution in [0.25, 0.3) is 0 Å². The minimum absolute atomic E-state index is 0.284. The van der Waals surface area contributed by atoms with Crippen LogP contribution >= 0.6 is 0 Å². The molecule has 0 aromatic carbocycles. The van der Waals surface area contributed by atoms with Gasteiger partial charge in [-0.05, 0) is 31.0 Å². The number of nitrogens with zero attached hydrogens (tertiary/aromatic N) is 2. The summed E-state index contributed by atoms with van der Waals surface area (Å²) in [4.78, 5) is 6.15. The number of nitrogens with two attached hydrogens (primary N) is 1. The number of anilines is 1. The summed E-state index contributed by atoms with van der Waals surface area (Å²) >= 11 is 0. The molecule has 0 bridgehead atoms. The van der Waals surface area contributed by atoms with Crippen LogP contribution in [0.5, 0.6) is 0 Å². The smallest absolute Gasteiger partial charge is 0.141 e. The minimum Gasteiger partial charge on any atom is -0.356 e. The molecule has 2 N–H and O–H groups in total. The highest BCUT2D eigenvalue weighted by Gasteiger charge is 2.26. The molecule has 0 radical (unpaired) electrons. The molecule has 1 aromatic heterocycles. The van der Waals surface area contributed by atoms with Crippen molar-refractivity contribution in [3.05, 3.63) is 24.1 Å². The SMILES string of the molecule is NCCC1CN(c2ccc(F)cn2)C1. The van der Waals surface area contributed by atoms with Gasteiger partial charge in [0.1, 0.15) is 11.6 Å². The number of hydrogen-bond donors (Lipinski definition) is 1. The summed E-state index contributed by atoms with van der Waals surface area (Å²) in [6.45, 7) is 2.74. The van der Waals surface area contributed by atoms with Crippen LogP contribution < -0.4 is 10.6 Å². The van der Waals surface area contributed by atoms with Crippen LogP contribution in [0, 0.1) is 11.7 Å². The van der Waals surface area contributed by atoms with Crippen molar-refractivity contribution in [1.82, 2.24) is 4.98 Å². The molecule has 0 amide bonds. The number of halogens is 1. The number of aromatic nitrogens is 1. The molecule has 76 valence electrons. The Hall–Kier alpha value is -1.16. The fourth-order valence-corrected chi connectivity index (χ4v) is 1.73. The van der Waals surface area contributed by atoms with Gasteiger partial charge in [0.2, 0.25) is 0 Å². The molecule has 1 fully saturated rings. The van der Waals surface area contributed by atoms with Crippen molar-refractivity contribution in [2.45, 2.75) is 6.42 Å². The first-order valence-electron chi connectivity index (χ1n) is 4.86. The summed E-state index contributed by atoms with van der Waals surface area (Å²) in [6.07, 6.45) is 2.32. The third-order valence-electron chi connectivity index (χ3n) is 2.57. The van der Waals surface area contributed by atoms with E-state index in [1.165, 1.54) is 12.3 Å². The minimum atomic E-state index is -0.284. The predicted molar refractivity (Wildman–Crippen MR) is 53.6 cm³/mol. The molecule has 2 heterocycles. The summed E-state index contributed by atoms with van der Waals surface area (Å²) < 4.78 is 12.6. The summed E-state index contributed by atoms with van der Waals surface area (Å²) in [5.74, 6) is 1.26. The van der Waals surface area contributed by atoms with E-state index in [0.29, 0.717) is 5.92 Å². The Morgan fingerprint density at radius 3 is 2.86 bits per heavy atom. The van der Waals surface area contributed by atoms with Crippen LogP contribution in [0.1, 0.15) is 6.42 Å². The molecular weight excluding hydrogens is 181 g/mol. The van der Waals surface area contributed by atoms with E-state index in [2.05, 4.69) is 9.88 Å². The first kappa shape index (κ1) is 9.40. The van der Waals surface area contributed by atoms with Crippen LogP contribution in [-0.4, -0.2) is 24.6 Å². The van der Waals surface area contributed by atoms with Crippen molar-refractivity contribution < 1.29 is 4.39 Å². The largest absolute Gasteiger partial charge is 0.356 e. The molecule has 2 rings (SSSR count). The van der Waals surface area contributed by atoms with E-state index in [1.54, 1.807) is 6.07 Å². The van der Waals surface area contributed by atoms with Crippen LogP contribution in [0.2, 0.25) is 0 Å². The van der Waals surface area contributed by atoms with Crippen LogP contribution in [0.3, 0.4) is 0 Å². The van der Waals surface area contributed by atoms with Gasteiger partial charge in [-0.3, -0.25) is 0 Å². The molecule has 1 aliphatic rings. The Morgan fingerprint density at radius 2 is 2.29 bits per heavy atom. The fraction of sp³-hybridized carbons (Fsp3) is 0.500. The van der Waals surface area contributed by atoms with Gasteiger partial charge in [0.15, 0.2) is 0 Å². The predicted octanol–water partition coefficient (Wildman–Crippen LogP) is 1.01. The molecule has 0 spiro atoms. The molecule has 1 saturated heterocycles. The first-order chi connectivity index (χ1) is 6.79. The quantitative estimate of drug-likeness (QED) is 0.782. The Kier molecular flexibility index (Phi) is 2.63. The van der Waals surface area contributed by atoms with Crippen LogP contribution in [0.15, 0.2) is 18.3 Å². The Bertz CT molecular complexity index is 293. The van der Waals surface area contributed by atoms with Crippen molar-refractivity contribution in [3.63, 3.8) is 0 Å². The lowest BCUT2D eigenvalue weighted by atomic mass is 9.96. The Labute approximate surface area is 82.7 Å². The maximum Gasteiger partial charge on any atom is 0.141 e. The van der Waals surface area contributed by atoms with Crippen molar-refractivity contribution in [3.8, 4) is 0 Å². The monoisotopic (exact) mass is 195 g/mol. The first-order valence-corrected chi connectivity index (χ1v) is 4.86. The molecule has 0 unspecified atom stereocenters. The summed E-state index contributed by atoms with van der Waals surface area (Å²) in [5, 5.41) is 0. The van der Waals surface area contributed by atoms with E-state index < -0.39 is 0 Å². The van der Waals surface area contributed by atoms with Gasteiger partial charge in [0.25, 0.3) is 0 Å². The summed E-state index contributed by atoms with van der Waals surface area (Å²) in [5.41, 5.74) is 5.46. The second kappa shape index (κ2) is 3.92. The average molecular weight is 195 g/mol. The van der Waals surface area contributed by atoms with Crippen LogP contribution in [0.4, 0.5) is 10.2 Å². The fourth-order valence-electron chi connectivity index (χ4n) is 1.73. The summed E-state index contributed by atoms with van der Waals surface area (Å²) in [6, 6.07) is 3.16. The lowest BCUT2D eigenvalue weighted by Crippen LogP contribution is -2.47. The maximum atomic E-state index is 12.6. The average Bonchev–Trinajstić information content (AvgIpc) is 2.13. The van der Waals surface area contributed by atoms with Crippen molar-refractivity contribution in [2.75, 3.05) is 24.5 Å². The van der Waals surface area contributed by atoms with Crippen molar-refractivity contribution >= 4 is 5.82 Å². The van der Waals surface area contributed by atoms with Gasteiger partial charge in [-0.25, -0.2) is 9.37 Å². The van der Waals surface area contributed by atoms with Gasteiger partial charge < -0.3 is 10.6 Å².